The molecule has 0 bridgehead atoms. The molecule has 4 rings (SSSR count). The van der Waals surface area contributed by atoms with Gasteiger partial charge in [0, 0.05) is 39.1 Å². The highest BCUT2D eigenvalue weighted by molar-refractivity contribution is 5.92. The molecule has 36 heavy (non-hydrogen) atoms. The summed E-state index contributed by atoms with van der Waals surface area (Å²) in [5.74, 6) is 0.336. The van der Waals surface area contributed by atoms with Gasteiger partial charge in [0.15, 0.2) is 0 Å². The second-order valence-corrected chi connectivity index (χ2v) is 10.6. The van der Waals surface area contributed by atoms with Gasteiger partial charge in [-0.1, -0.05) is 80.6 Å². The van der Waals surface area contributed by atoms with Crippen LogP contribution in [0.25, 0.3) is 0 Å². The van der Waals surface area contributed by atoms with Gasteiger partial charge in [-0.3, -0.25) is 4.79 Å². The maximum atomic E-state index is 13.9. The maximum absolute atomic E-state index is 13.9. The quantitative estimate of drug-likeness (QED) is 0.486. The van der Waals surface area contributed by atoms with Crippen molar-refractivity contribution in [2.45, 2.75) is 49.7 Å². The van der Waals surface area contributed by atoms with Crippen LogP contribution < -0.4 is 5.32 Å². The number of nitrogens with zero attached hydrogens (tertiary/aromatic N) is 1. The number of phenolic OH excluding ortho intramolecular Hbond substituents is 1. The van der Waals surface area contributed by atoms with Crippen LogP contribution in [0.5, 0.6) is 5.75 Å². The van der Waals surface area contributed by atoms with Gasteiger partial charge in [-0.05, 0) is 47.4 Å². The molecule has 0 saturated carbocycles. The molecule has 0 aliphatic heterocycles. The average Bonchev–Trinajstić information content (AvgIpc) is 2.88. The highest BCUT2D eigenvalue weighted by Gasteiger charge is 2.45. The van der Waals surface area contributed by atoms with Gasteiger partial charge in [0.25, 0.3) is 0 Å². The van der Waals surface area contributed by atoms with E-state index in [0.717, 1.165) is 23.1 Å². The Labute approximate surface area is 215 Å². The number of fused-ring (bicyclic) bond motifs is 1. The zero-order valence-electron chi connectivity index (χ0n) is 22.0. The van der Waals surface area contributed by atoms with Crippen LogP contribution in [0.3, 0.4) is 0 Å². The molecule has 1 aliphatic rings. The molecule has 3 aromatic rings. The molecule has 2 N–H and O–H groups in total. The second-order valence-electron chi connectivity index (χ2n) is 10.6. The number of carbonyl (C=O) groups excluding carboxylic acids is 1. The lowest BCUT2D eigenvalue weighted by molar-refractivity contribution is -0.133. The van der Waals surface area contributed by atoms with Gasteiger partial charge in [-0.2, -0.15) is 0 Å². The van der Waals surface area contributed by atoms with Crippen LogP contribution in [0, 0.1) is 0 Å². The fraction of sp³-hybridized carbons (Fsp3) is 0.387. The van der Waals surface area contributed by atoms with E-state index in [4.69, 9.17) is 4.74 Å². The first kappa shape index (κ1) is 25.9. The summed E-state index contributed by atoms with van der Waals surface area (Å²) < 4.78 is 5.96. The zero-order chi connectivity index (χ0) is 25.9. The number of phenols is 1. The number of nitrogens with one attached hydrogen (secondary N) is 1. The third-order valence-corrected chi connectivity index (χ3v) is 7.83. The zero-order valence-corrected chi connectivity index (χ0v) is 22.0. The number of hydrogen-bond donors (Lipinski definition) is 2. The Bertz CT molecular complexity index is 1140. The fourth-order valence-corrected chi connectivity index (χ4v) is 5.97. The van der Waals surface area contributed by atoms with Gasteiger partial charge in [0.2, 0.25) is 5.91 Å². The Hall–Kier alpha value is -3.15. The number of benzene rings is 3. The summed E-state index contributed by atoms with van der Waals surface area (Å²) in [5.41, 5.74) is 3.21. The first-order valence-electron chi connectivity index (χ1n) is 12.6. The van der Waals surface area contributed by atoms with Crippen LogP contribution in [0.4, 0.5) is 0 Å². The van der Waals surface area contributed by atoms with Gasteiger partial charge in [-0.15, -0.1) is 0 Å². The molecule has 2 atom stereocenters. The first-order chi connectivity index (χ1) is 17.2. The minimum absolute atomic E-state index is 0.00973. The third kappa shape index (κ3) is 4.65. The Morgan fingerprint density at radius 1 is 1.03 bits per heavy atom. The number of likely N-dealkylation sites (N-methyl/N-ethyl adjacent to an activating group) is 1. The summed E-state index contributed by atoms with van der Waals surface area (Å²) in [4.78, 5) is 15.6. The van der Waals surface area contributed by atoms with Crippen LogP contribution in [-0.4, -0.2) is 55.8 Å². The SMILES string of the molecule is COC1Cc2ccc(O)cc2C(C)(C)C1NCCC(C(=O)N(C)C)(c1ccccc1)c1ccccc1. The molecule has 0 radical (unpaired) electrons. The van der Waals surface area contributed by atoms with Gasteiger partial charge in [0.05, 0.1) is 6.10 Å². The molecule has 5 heteroatoms. The molecule has 1 aliphatic carbocycles. The van der Waals surface area contributed by atoms with Crippen LogP contribution in [-0.2, 0) is 26.8 Å². The van der Waals surface area contributed by atoms with Gasteiger partial charge < -0.3 is 20.1 Å². The Morgan fingerprint density at radius 3 is 2.14 bits per heavy atom. The standard InChI is InChI=1S/C31H38N2O3/c1-30(2)26-21-25(34)17-16-22(26)20-27(36-5)28(30)32-19-18-31(29(35)33(3)4,23-12-8-6-9-13-23)24-14-10-7-11-15-24/h6-17,21,27-28,32,34H,18-20H2,1-5H3. The summed E-state index contributed by atoms with van der Waals surface area (Å²) in [7, 11) is 5.41. The topological polar surface area (TPSA) is 61.8 Å². The molecule has 0 heterocycles. The van der Waals surface area contributed by atoms with E-state index in [0.29, 0.717) is 13.0 Å². The van der Waals surface area contributed by atoms with Gasteiger partial charge >= 0.3 is 0 Å². The van der Waals surface area contributed by atoms with E-state index >= 15 is 0 Å². The van der Waals surface area contributed by atoms with Crippen molar-refractivity contribution in [3.8, 4) is 5.75 Å². The number of rotatable bonds is 8. The minimum Gasteiger partial charge on any atom is -0.508 e. The summed E-state index contributed by atoms with van der Waals surface area (Å²) in [5, 5.41) is 14.0. The monoisotopic (exact) mass is 486 g/mol. The minimum atomic E-state index is -0.823. The smallest absolute Gasteiger partial charge is 0.237 e. The number of amides is 1. The molecule has 0 aromatic heterocycles. The molecule has 3 aromatic carbocycles. The first-order valence-corrected chi connectivity index (χ1v) is 12.6. The number of aromatic hydroxyl groups is 1. The lowest BCUT2D eigenvalue weighted by atomic mass is 9.67. The number of methoxy groups -OCH3 is 1. The predicted octanol–water partition coefficient (Wildman–Crippen LogP) is 4.66. The number of carbonyl (C=O) groups is 1. The molecule has 1 amide bonds. The highest BCUT2D eigenvalue weighted by Crippen LogP contribution is 2.41. The molecule has 0 saturated heterocycles. The number of ether oxygens (including phenoxy) is 1. The Kier molecular flexibility index (Phi) is 7.53. The second kappa shape index (κ2) is 10.5. The van der Waals surface area contributed by atoms with Crippen molar-refractivity contribution < 1.29 is 14.6 Å². The van der Waals surface area contributed by atoms with E-state index in [1.165, 1.54) is 5.56 Å². The predicted molar refractivity (Wildman–Crippen MR) is 144 cm³/mol. The largest absolute Gasteiger partial charge is 0.508 e. The van der Waals surface area contributed by atoms with E-state index in [9.17, 15) is 9.90 Å². The summed E-state index contributed by atoms with van der Waals surface area (Å²) >= 11 is 0. The van der Waals surface area contributed by atoms with Crippen LogP contribution in [0.15, 0.2) is 78.9 Å². The van der Waals surface area contributed by atoms with E-state index < -0.39 is 5.41 Å². The van der Waals surface area contributed by atoms with Crippen molar-refractivity contribution in [1.82, 2.24) is 10.2 Å². The van der Waals surface area contributed by atoms with E-state index in [2.05, 4.69) is 43.4 Å². The summed E-state index contributed by atoms with van der Waals surface area (Å²) in [6, 6.07) is 25.8. The van der Waals surface area contributed by atoms with Gasteiger partial charge in [-0.25, -0.2) is 0 Å². The van der Waals surface area contributed by atoms with Crippen LogP contribution in [0.2, 0.25) is 0 Å². The van der Waals surface area contributed by atoms with Crippen LogP contribution >= 0.6 is 0 Å². The van der Waals surface area contributed by atoms with Crippen molar-refractivity contribution in [1.29, 1.82) is 0 Å². The van der Waals surface area contributed by atoms with Crippen molar-refractivity contribution in [3.63, 3.8) is 0 Å². The molecule has 0 fully saturated rings. The lowest BCUT2D eigenvalue weighted by Gasteiger charge is -2.46. The van der Waals surface area contributed by atoms with Crippen molar-refractivity contribution in [2.75, 3.05) is 27.7 Å². The molecule has 190 valence electrons. The fourth-order valence-electron chi connectivity index (χ4n) is 5.97. The van der Waals surface area contributed by atoms with Crippen LogP contribution in [0.1, 0.15) is 42.5 Å². The molecule has 2 unspecified atom stereocenters. The molecule has 5 nitrogen and oxygen atoms in total. The summed E-state index contributed by atoms with van der Waals surface area (Å²) in [6.07, 6.45) is 1.34. The molecular weight excluding hydrogens is 448 g/mol. The highest BCUT2D eigenvalue weighted by atomic mass is 16.5. The van der Waals surface area contributed by atoms with Crippen molar-refractivity contribution in [3.05, 3.63) is 101 Å². The Balaban J connectivity index is 1.70. The molecular formula is C31H38N2O3. The lowest BCUT2D eigenvalue weighted by Crippen LogP contribution is -2.57. The average molecular weight is 487 g/mol. The Morgan fingerprint density at radius 2 is 1.61 bits per heavy atom. The maximum Gasteiger partial charge on any atom is 0.237 e. The van der Waals surface area contributed by atoms with E-state index in [-0.39, 0.29) is 29.2 Å². The normalized spacial score (nSPS) is 18.9. The number of hydrogen-bond acceptors (Lipinski definition) is 4. The van der Waals surface area contributed by atoms with Gasteiger partial charge in [0.1, 0.15) is 11.2 Å². The summed E-state index contributed by atoms with van der Waals surface area (Å²) in [6.45, 7) is 5.01. The molecule has 0 spiro atoms. The van der Waals surface area contributed by atoms with Crippen molar-refractivity contribution >= 4 is 5.91 Å². The van der Waals surface area contributed by atoms with Crippen molar-refractivity contribution in [2.24, 2.45) is 0 Å². The van der Waals surface area contributed by atoms with E-state index in [1.807, 2.05) is 62.6 Å². The van der Waals surface area contributed by atoms with E-state index in [1.54, 1.807) is 18.1 Å². The third-order valence-electron chi connectivity index (χ3n) is 7.83.